The molecule has 0 spiro atoms. The van der Waals surface area contributed by atoms with Crippen LogP contribution in [0.25, 0.3) is 0 Å². The Morgan fingerprint density at radius 1 is 1.11 bits per heavy atom. The van der Waals surface area contributed by atoms with E-state index in [2.05, 4.69) is 25.4 Å². The first-order valence-electron chi connectivity index (χ1n) is 4.58. The second-order valence-corrected chi connectivity index (χ2v) is 2.57. The standard InChI is InChI=1S/C8H8N6O5/c9-1-19-6-14(7(17)12-2-10-4-15)8(18)13-3-11-5-16/h2-3,6H2,(H,12,17)(H,13,18). The number of carbonyl (C=O) groups excluding carboxylic acids is 4. The Labute approximate surface area is 106 Å². The highest BCUT2D eigenvalue weighted by Gasteiger charge is 2.21. The maximum absolute atomic E-state index is 11.5. The number of ether oxygens (including phenoxy) is 1. The molecule has 0 unspecified atom stereocenters. The van der Waals surface area contributed by atoms with Crippen molar-refractivity contribution >= 4 is 24.2 Å². The fourth-order valence-electron chi connectivity index (χ4n) is 0.773. The number of nitriles is 1. The van der Waals surface area contributed by atoms with Gasteiger partial charge >= 0.3 is 12.1 Å². The van der Waals surface area contributed by atoms with Gasteiger partial charge in [-0.15, -0.1) is 0 Å². The summed E-state index contributed by atoms with van der Waals surface area (Å²) in [4.78, 5) is 49.0. The molecule has 0 aromatic rings. The molecule has 0 aliphatic heterocycles. The van der Waals surface area contributed by atoms with Gasteiger partial charge in [-0.25, -0.2) is 24.1 Å². The van der Waals surface area contributed by atoms with Crippen molar-refractivity contribution in [2.45, 2.75) is 0 Å². The van der Waals surface area contributed by atoms with Crippen molar-refractivity contribution in [1.29, 1.82) is 5.26 Å². The van der Waals surface area contributed by atoms with Gasteiger partial charge in [0.2, 0.25) is 12.2 Å². The molecular weight excluding hydrogens is 260 g/mol. The van der Waals surface area contributed by atoms with Gasteiger partial charge in [-0.05, 0) is 0 Å². The zero-order chi connectivity index (χ0) is 14.5. The lowest BCUT2D eigenvalue weighted by Crippen LogP contribution is -2.49. The molecule has 0 radical (unpaired) electrons. The predicted molar refractivity (Wildman–Crippen MR) is 56.4 cm³/mol. The lowest BCUT2D eigenvalue weighted by Gasteiger charge is -2.18. The third kappa shape index (κ3) is 6.85. The summed E-state index contributed by atoms with van der Waals surface area (Å²) < 4.78 is 4.24. The molecular formula is C8H8N6O5. The van der Waals surface area contributed by atoms with Gasteiger partial charge in [0, 0.05) is 0 Å². The van der Waals surface area contributed by atoms with E-state index in [0.29, 0.717) is 4.90 Å². The Morgan fingerprint density at radius 2 is 1.58 bits per heavy atom. The number of hydrogen-bond acceptors (Lipinski definition) is 8. The topological polar surface area (TPSA) is 153 Å². The lowest BCUT2D eigenvalue weighted by molar-refractivity contribution is 0.127. The Kier molecular flexibility index (Phi) is 8.29. The molecule has 0 bridgehead atoms. The van der Waals surface area contributed by atoms with Crippen LogP contribution >= 0.6 is 0 Å². The summed E-state index contributed by atoms with van der Waals surface area (Å²) >= 11 is 0. The molecule has 100 valence electrons. The minimum atomic E-state index is -0.971. The molecule has 0 saturated carbocycles. The number of aliphatic imine (C=N–C) groups is 2. The quantitative estimate of drug-likeness (QED) is 0.265. The molecule has 0 aromatic carbocycles. The molecule has 0 aromatic heterocycles. The number of nitrogens with zero attached hydrogens (tertiary/aromatic N) is 4. The number of hydrogen-bond donors (Lipinski definition) is 2. The maximum Gasteiger partial charge on any atom is 0.329 e. The first-order chi connectivity index (χ1) is 9.17. The molecule has 2 N–H and O–H groups in total. The van der Waals surface area contributed by atoms with E-state index in [9.17, 15) is 19.2 Å². The zero-order valence-electron chi connectivity index (χ0n) is 9.45. The van der Waals surface area contributed by atoms with Gasteiger partial charge in [0.15, 0.2) is 6.73 Å². The van der Waals surface area contributed by atoms with E-state index in [-0.39, 0.29) is 0 Å². The van der Waals surface area contributed by atoms with Crippen molar-refractivity contribution < 1.29 is 23.9 Å². The van der Waals surface area contributed by atoms with Crippen LogP contribution in [0, 0.1) is 11.5 Å². The van der Waals surface area contributed by atoms with E-state index in [0.717, 1.165) is 0 Å². The van der Waals surface area contributed by atoms with Crippen molar-refractivity contribution in [2.24, 2.45) is 9.98 Å². The highest BCUT2D eigenvalue weighted by atomic mass is 16.5. The van der Waals surface area contributed by atoms with E-state index in [1.54, 1.807) is 0 Å². The number of amides is 4. The third-order valence-electron chi connectivity index (χ3n) is 1.50. The van der Waals surface area contributed by atoms with Crippen LogP contribution in [0.1, 0.15) is 0 Å². The second-order valence-electron chi connectivity index (χ2n) is 2.57. The van der Waals surface area contributed by atoms with Crippen LogP contribution in [0.3, 0.4) is 0 Å². The first kappa shape index (κ1) is 15.8. The number of carbonyl (C=O) groups is 2. The Bertz CT molecular complexity index is 425. The van der Waals surface area contributed by atoms with E-state index < -0.39 is 32.1 Å². The van der Waals surface area contributed by atoms with Crippen LogP contribution in [0.4, 0.5) is 9.59 Å². The van der Waals surface area contributed by atoms with Crippen LogP contribution in [-0.2, 0) is 14.3 Å². The van der Waals surface area contributed by atoms with Crippen molar-refractivity contribution in [1.82, 2.24) is 15.5 Å². The molecule has 19 heavy (non-hydrogen) atoms. The van der Waals surface area contributed by atoms with Crippen molar-refractivity contribution in [3.8, 4) is 6.26 Å². The van der Waals surface area contributed by atoms with Gasteiger partial charge in [-0.2, -0.15) is 15.2 Å². The maximum atomic E-state index is 11.5. The van der Waals surface area contributed by atoms with Gasteiger partial charge in [-0.1, -0.05) is 0 Å². The molecule has 0 heterocycles. The highest BCUT2D eigenvalue weighted by Crippen LogP contribution is 1.92. The summed E-state index contributed by atoms with van der Waals surface area (Å²) in [6, 6.07) is -1.94. The average Bonchev–Trinajstić information content (AvgIpc) is 2.40. The van der Waals surface area contributed by atoms with Gasteiger partial charge in [0.25, 0.3) is 6.26 Å². The lowest BCUT2D eigenvalue weighted by atomic mass is 10.7. The van der Waals surface area contributed by atoms with E-state index in [1.807, 2.05) is 0 Å². The van der Waals surface area contributed by atoms with Crippen LogP contribution in [-0.4, -0.2) is 49.2 Å². The molecule has 11 nitrogen and oxygen atoms in total. The molecule has 0 aliphatic rings. The summed E-state index contributed by atoms with van der Waals surface area (Å²) in [5.41, 5.74) is 0. The minimum absolute atomic E-state index is 0.398. The zero-order valence-corrected chi connectivity index (χ0v) is 9.45. The van der Waals surface area contributed by atoms with Crippen LogP contribution in [0.5, 0.6) is 0 Å². The number of nitrogens with one attached hydrogen (secondary N) is 2. The minimum Gasteiger partial charge on any atom is -0.405 e. The summed E-state index contributed by atoms with van der Waals surface area (Å²) in [5.74, 6) is 0. The third-order valence-corrected chi connectivity index (χ3v) is 1.50. The summed E-state index contributed by atoms with van der Waals surface area (Å²) in [6.07, 6.45) is 3.62. The molecule has 4 amide bonds. The second kappa shape index (κ2) is 9.98. The number of isocyanates is 2. The summed E-state index contributed by atoms with van der Waals surface area (Å²) in [6.45, 7) is -1.46. The molecule has 0 atom stereocenters. The monoisotopic (exact) mass is 268 g/mol. The van der Waals surface area contributed by atoms with Crippen molar-refractivity contribution in [3.05, 3.63) is 0 Å². The van der Waals surface area contributed by atoms with Crippen molar-refractivity contribution in [3.63, 3.8) is 0 Å². The van der Waals surface area contributed by atoms with E-state index in [4.69, 9.17) is 5.26 Å². The Hall–Kier alpha value is -3.21. The fraction of sp³-hybridized carbons (Fsp3) is 0.375. The SMILES string of the molecule is N#COCN(C(=O)NCN=C=O)C(=O)NCN=C=O. The first-order valence-corrected chi connectivity index (χ1v) is 4.58. The summed E-state index contributed by atoms with van der Waals surface area (Å²) in [5, 5.41) is 12.3. The van der Waals surface area contributed by atoms with E-state index in [1.165, 1.54) is 18.4 Å². The van der Waals surface area contributed by atoms with Gasteiger partial charge in [-0.3, -0.25) is 0 Å². The summed E-state index contributed by atoms with van der Waals surface area (Å²) in [7, 11) is 0. The molecule has 0 fully saturated rings. The van der Waals surface area contributed by atoms with Crippen LogP contribution in [0.2, 0.25) is 0 Å². The molecule has 11 heteroatoms. The largest absolute Gasteiger partial charge is 0.405 e. The van der Waals surface area contributed by atoms with Gasteiger partial charge in [0.1, 0.15) is 13.3 Å². The number of imide groups is 1. The van der Waals surface area contributed by atoms with Crippen LogP contribution < -0.4 is 10.6 Å². The average molecular weight is 268 g/mol. The highest BCUT2D eigenvalue weighted by molar-refractivity contribution is 5.93. The smallest absolute Gasteiger partial charge is 0.329 e. The van der Waals surface area contributed by atoms with Gasteiger partial charge in [0.05, 0.1) is 0 Å². The molecule has 0 rings (SSSR count). The predicted octanol–water partition coefficient (Wildman–Crippen LogP) is -1.25. The fourth-order valence-corrected chi connectivity index (χ4v) is 0.773. The van der Waals surface area contributed by atoms with E-state index >= 15 is 0 Å². The Morgan fingerprint density at radius 3 is 1.95 bits per heavy atom. The van der Waals surface area contributed by atoms with Crippen LogP contribution in [0.15, 0.2) is 9.98 Å². The van der Waals surface area contributed by atoms with Crippen molar-refractivity contribution in [2.75, 3.05) is 20.1 Å². The number of rotatable bonds is 6. The normalized spacial score (nSPS) is 7.95. The number of urea groups is 2. The van der Waals surface area contributed by atoms with Gasteiger partial charge < -0.3 is 15.4 Å². The Balaban J connectivity index is 4.54. The molecule has 0 saturated heterocycles. The molecule has 0 aliphatic carbocycles.